The molecule has 0 aromatic heterocycles. The Kier molecular flexibility index (Phi) is 3.24. The quantitative estimate of drug-likeness (QED) is 0.654. The van der Waals surface area contributed by atoms with Crippen LogP contribution in [0.2, 0.25) is 0 Å². The molecule has 0 aromatic rings. The monoisotopic (exact) mass is 163 g/mol. The largest absolute Gasteiger partial charge is 0.308 e. The zero-order valence-electron chi connectivity index (χ0n) is 6.82. The molecule has 1 fully saturated rings. The number of halogens is 2. The Morgan fingerprint density at radius 3 is 2.45 bits per heavy atom. The number of hydrogen-bond donors (Lipinski definition) is 1. The van der Waals surface area contributed by atoms with E-state index < -0.39 is 6.43 Å². The third kappa shape index (κ3) is 3.14. The second kappa shape index (κ2) is 4.00. The van der Waals surface area contributed by atoms with E-state index in [0.717, 1.165) is 6.42 Å². The van der Waals surface area contributed by atoms with Crippen LogP contribution in [0.1, 0.15) is 26.2 Å². The number of hydrogen-bond acceptors (Lipinski definition) is 1. The van der Waals surface area contributed by atoms with Crippen LogP contribution >= 0.6 is 0 Å². The van der Waals surface area contributed by atoms with Crippen molar-refractivity contribution in [3.8, 4) is 0 Å². The van der Waals surface area contributed by atoms with Crippen molar-refractivity contribution in [3.63, 3.8) is 0 Å². The van der Waals surface area contributed by atoms with E-state index in [1.807, 2.05) is 6.92 Å². The van der Waals surface area contributed by atoms with Gasteiger partial charge in [-0.25, -0.2) is 8.78 Å². The molecule has 1 atom stereocenters. The maximum absolute atomic E-state index is 11.8. The molecule has 1 aliphatic rings. The van der Waals surface area contributed by atoms with Gasteiger partial charge >= 0.3 is 0 Å². The van der Waals surface area contributed by atoms with Gasteiger partial charge in [0.2, 0.25) is 0 Å². The van der Waals surface area contributed by atoms with Crippen molar-refractivity contribution in [3.05, 3.63) is 0 Å². The third-order valence-corrected chi connectivity index (χ3v) is 2.17. The van der Waals surface area contributed by atoms with Gasteiger partial charge in [-0.3, -0.25) is 0 Å². The molecule has 0 aromatic carbocycles. The van der Waals surface area contributed by atoms with Crippen LogP contribution in [0.15, 0.2) is 0 Å². The Hall–Kier alpha value is -0.180. The normalized spacial score (nSPS) is 20.7. The Morgan fingerprint density at radius 2 is 2.09 bits per heavy atom. The van der Waals surface area contributed by atoms with Gasteiger partial charge in [-0.1, -0.05) is 6.92 Å². The predicted octanol–water partition coefficient (Wildman–Crippen LogP) is 2.03. The number of nitrogens with one attached hydrogen (secondary N) is 1. The number of rotatable bonds is 5. The van der Waals surface area contributed by atoms with E-state index >= 15 is 0 Å². The molecule has 0 amide bonds. The van der Waals surface area contributed by atoms with Crippen LogP contribution in [-0.4, -0.2) is 19.0 Å². The van der Waals surface area contributed by atoms with Crippen molar-refractivity contribution < 1.29 is 8.78 Å². The fraction of sp³-hybridized carbons (Fsp3) is 1.00. The lowest BCUT2D eigenvalue weighted by Gasteiger charge is -2.15. The van der Waals surface area contributed by atoms with E-state index in [-0.39, 0.29) is 6.54 Å². The summed E-state index contributed by atoms with van der Waals surface area (Å²) in [6.07, 6.45) is 1.20. The van der Waals surface area contributed by atoms with Crippen LogP contribution in [0, 0.1) is 5.92 Å². The average molecular weight is 163 g/mol. The SMILES string of the molecule is CCC(NCC(F)F)C1CC1. The van der Waals surface area contributed by atoms with Gasteiger partial charge in [-0.15, -0.1) is 0 Å². The smallest absolute Gasteiger partial charge is 0.250 e. The highest BCUT2D eigenvalue weighted by Crippen LogP contribution is 2.33. The Bertz CT molecular complexity index is 113. The average Bonchev–Trinajstić information content (AvgIpc) is 2.72. The zero-order valence-corrected chi connectivity index (χ0v) is 6.82. The van der Waals surface area contributed by atoms with Crippen LogP contribution in [0.25, 0.3) is 0 Å². The molecule has 1 N–H and O–H groups in total. The molecule has 1 nitrogen and oxygen atoms in total. The summed E-state index contributed by atoms with van der Waals surface area (Å²) in [6, 6.07) is 0.337. The minimum atomic E-state index is -2.21. The van der Waals surface area contributed by atoms with Crippen LogP contribution in [0.4, 0.5) is 8.78 Å². The first-order chi connectivity index (χ1) is 5.24. The third-order valence-electron chi connectivity index (χ3n) is 2.17. The van der Waals surface area contributed by atoms with Gasteiger partial charge in [0.15, 0.2) is 0 Å². The van der Waals surface area contributed by atoms with E-state index in [4.69, 9.17) is 0 Å². The summed E-state index contributed by atoms with van der Waals surface area (Å²) in [4.78, 5) is 0. The molecule has 1 rings (SSSR count). The minimum absolute atomic E-state index is 0.144. The maximum atomic E-state index is 11.8. The van der Waals surface area contributed by atoms with Crippen molar-refractivity contribution in [1.29, 1.82) is 0 Å². The van der Waals surface area contributed by atoms with Crippen molar-refractivity contribution in [2.75, 3.05) is 6.54 Å². The predicted molar refractivity (Wildman–Crippen MR) is 40.8 cm³/mol. The number of alkyl halides is 2. The zero-order chi connectivity index (χ0) is 8.27. The molecule has 1 saturated carbocycles. The first-order valence-electron chi connectivity index (χ1n) is 4.25. The molecule has 11 heavy (non-hydrogen) atoms. The fourth-order valence-electron chi connectivity index (χ4n) is 1.38. The van der Waals surface area contributed by atoms with E-state index in [2.05, 4.69) is 5.32 Å². The first kappa shape index (κ1) is 8.91. The van der Waals surface area contributed by atoms with Crippen molar-refractivity contribution in [1.82, 2.24) is 5.32 Å². The lowest BCUT2D eigenvalue weighted by Crippen LogP contribution is -2.34. The summed E-state index contributed by atoms with van der Waals surface area (Å²) in [6.45, 7) is 1.90. The van der Waals surface area contributed by atoms with Gasteiger partial charge in [0.25, 0.3) is 6.43 Å². The van der Waals surface area contributed by atoms with Crippen LogP contribution in [-0.2, 0) is 0 Å². The molecule has 0 heterocycles. The van der Waals surface area contributed by atoms with Crippen LogP contribution in [0.5, 0.6) is 0 Å². The fourth-order valence-corrected chi connectivity index (χ4v) is 1.38. The van der Waals surface area contributed by atoms with Gasteiger partial charge in [0, 0.05) is 6.04 Å². The van der Waals surface area contributed by atoms with Crippen molar-refractivity contribution in [2.24, 2.45) is 5.92 Å². The minimum Gasteiger partial charge on any atom is -0.308 e. The summed E-state index contributed by atoms with van der Waals surface area (Å²) in [5.74, 6) is 0.679. The van der Waals surface area contributed by atoms with Gasteiger partial charge < -0.3 is 5.32 Å². The second-order valence-corrected chi connectivity index (χ2v) is 3.15. The highest BCUT2D eigenvalue weighted by molar-refractivity contribution is 4.85. The Morgan fingerprint density at radius 1 is 1.45 bits per heavy atom. The van der Waals surface area contributed by atoms with E-state index in [9.17, 15) is 8.78 Å². The lowest BCUT2D eigenvalue weighted by molar-refractivity contribution is 0.139. The summed E-state index contributed by atoms with van der Waals surface area (Å²) >= 11 is 0. The summed E-state index contributed by atoms with van der Waals surface area (Å²) < 4.78 is 23.5. The summed E-state index contributed by atoms with van der Waals surface area (Å²) in [7, 11) is 0. The lowest BCUT2D eigenvalue weighted by atomic mass is 10.1. The molecule has 1 unspecified atom stereocenters. The van der Waals surface area contributed by atoms with Gasteiger partial charge in [-0.05, 0) is 25.2 Å². The molecule has 0 radical (unpaired) electrons. The van der Waals surface area contributed by atoms with E-state index in [1.165, 1.54) is 12.8 Å². The highest BCUT2D eigenvalue weighted by Gasteiger charge is 2.29. The molecular formula is C8H15F2N. The van der Waals surface area contributed by atoms with E-state index in [1.54, 1.807) is 0 Å². The highest BCUT2D eigenvalue weighted by atomic mass is 19.3. The standard InChI is InChI=1S/C8H15F2N/c1-2-7(6-3-4-6)11-5-8(9)10/h6-8,11H,2-5H2,1H3. The molecular weight excluding hydrogens is 148 g/mol. The van der Waals surface area contributed by atoms with E-state index in [0.29, 0.717) is 12.0 Å². The topological polar surface area (TPSA) is 12.0 Å². The van der Waals surface area contributed by atoms with Crippen molar-refractivity contribution >= 4 is 0 Å². The maximum Gasteiger partial charge on any atom is 0.250 e. The molecule has 0 saturated heterocycles. The van der Waals surface area contributed by atoms with Gasteiger partial charge in [-0.2, -0.15) is 0 Å². The first-order valence-corrected chi connectivity index (χ1v) is 4.25. The molecule has 0 bridgehead atoms. The summed E-state index contributed by atoms with van der Waals surface area (Å²) in [5, 5.41) is 2.88. The molecule has 0 aliphatic heterocycles. The van der Waals surface area contributed by atoms with Gasteiger partial charge in [0.05, 0.1) is 6.54 Å². The van der Waals surface area contributed by atoms with Crippen LogP contribution < -0.4 is 5.32 Å². The summed E-state index contributed by atoms with van der Waals surface area (Å²) in [5.41, 5.74) is 0. The Labute approximate surface area is 66.2 Å². The van der Waals surface area contributed by atoms with Crippen LogP contribution in [0.3, 0.4) is 0 Å². The molecule has 66 valence electrons. The molecule has 0 spiro atoms. The van der Waals surface area contributed by atoms with Gasteiger partial charge in [0.1, 0.15) is 0 Å². The second-order valence-electron chi connectivity index (χ2n) is 3.15. The molecule has 3 heteroatoms. The Balaban J connectivity index is 2.10. The van der Waals surface area contributed by atoms with Crippen molar-refractivity contribution in [2.45, 2.75) is 38.7 Å². The molecule has 1 aliphatic carbocycles.